The third kappa shape index (κ3) is 4.39. The van der Waals surface area contributed by atoms with Crippen LogP contribution in [0.5, 0.6) is 0 Å². The Bertz CT molecular complexity index is 447. The summed E-state index contributed by atoms with van der Waals surface area (Å²) >= 11 is 0. The molecule has 0 aliphatic heterocycles. The summed E-state index contributed by atoms with van der Waals surface area (Å²) in [5.74, 6) is -0.424. The molecule has 0 amide bonds. The number of carbonyl (C=O) groups is 1. The Morgan fingerprint density at radius 2 is 2.05 bits per heavy atom. The molecule has 20 heavy (non-hydrogen) atoms. The van der Waals surface area contributed by atoms with Crippen LogP contribution in [0.2, 0.25) is 0 Å². The van der Waals surface area contributed by atoms with Crippen LogP contribution < -0.4 is 0 Å². The second-order valence-corrected chi connectivity index (χ2v) is 5.26. The van der Waals surface area contributed by atoms with Gasteiger partial charge in [0.05, 0.1) is 12.2 Å². The van der Waals surface area contributed by atoms with Gasteiger partial charge in [-0.1, -0.05) is 18.2 Å². The van der Waals surface area contributed by atoms with Gasteiger partial charge in [0.25, 0.3) is 0 Å². The van der Waals surface area contributed by atoms with E-state index < -0.39 is 0 Å². The van der Waals surface area contributed by atoms with E-state index in [2.05, 4.69) is 0 Å². The summed E-state index contributed by atoms with van der Waals surface area (Å²) in [5.41, 5.74) is 0.430. The molecule has 2 unspecified atom stereocenters. The molecule has 0 saturated heterocycles. The molecular formula is C16H21FO3. The maximum Gasteiger partial charge on any atom is 0.162 e. The van der Waals surface area contributed by atoms with E-state index in [0.29, 0.717) is 5.56 Å². The summed E-state index contributed by atoms with van der Waals surface area (Å²) < 4.78 is 24.4. The molecule has 1 aliphatic rings. The summed E-state index contributed by atoms with van der Waals surface area (Å²) in [6, 6.07) is 6.35. The molecule has 0 aromatic heterocycles. The molecule has 0 heterocycles. The highest BCUT2D eigenvalue weighted by Crippen LogP contribution is 2.23. The molecule has 1 aromatic carbocycles. The molecule has 1 aliphatic carbocycles. The SMILES string of the molecule is COC1CCCC(OCC(=O)Cc2ccccc2F)C1. The molecular weight excluding hydrogens is 259 g/mol. The van der Waals surface area contributed by atoms with Crippen molar-refractivity contribution in [3.8, 4) is 0 Å². The van der Waals surface area contributed by atoms with Crippen molar-refractivity contribution in [3.63, 3.8) is 0 Å². The minimum atomic E-state index is -0.335. The Kier molecular flexibility index (Phi) is 5.68. The van der Waals surface area contributed by atoms with Gasteiger partial charge in [0, 0.05) is 13.5 Å². The first kappa shape index (κ1) is 15.1. The highest BCUT2D eigenvalue weighted by molar-refractivity contribution is 5.82. The molecule has 1 saturated carbocycles. The van der Waals surface area contributed by atoms with Crippen molar-refractivity contribution in [2.45, 2.75) is 44.3 Å². The van der Waals surface area contributed by atoms with Crippen LogP contribution in [-0.4, -0.2) is 31.7 Å². The van der Waals surface area contributed by atoms with Gasteiger partial charge in [0.2, 0.25) is 0 Å². The van der Waals surface area contributed by atoms with Crippen LogP contribution in [0.1, 0.15) is 31.2 Å². The van der Waals surface area contributed by atoms with E-state index in [1.807, 2.05) is 0 Å². The molecule has 110 valence electrons. The molecule has 0 spiro atoms. The predicted molar refractivity (Wildman–Crippen MR) is 74.1 cm³/mol. The van der Waals surface area contributed by atoms with Crippen LogP contribution in [0.3, 0.4) is 0 Å². The van der Waals surface area contributed by atoms with Gasteiger partial charge in [0.1, 0.15) is 12.4 Å². The van der Waals surface area contributed by atoms with Crippen molar-refractivity contribution < 1.29 is 18.7 Å². The molecule has 0 N–H and O–H groups in total. The van der Waals surface area contributed by atoms with Gasteiger partial charge in [-0.15, -0.1) is 0 Å². The van der Waals surface area contributed by atoms with Gasteiger partial charge in [0.15, 0.2) is 5.78 Å². The number of Topliss-reactive ketones (excluding diaryl/α,β-unsaturated/α-hetero) is 1. The van der Waals surface area contributed by atoms with E-state index in [4.69, 9.17) is 9.47 Å². The Morgan fingerprint density at radius 1 is 1.30 bits per heavy atom. The first-order chi connectivity index (χ1) is 9.69. The van der Waals surface area contributed by atoms with E-state index >= 15 is 0 Å². The lowest BCUT2D eigenvalue weighted by molar-refractivity contribution is -0.126. The van der Waals surface area contributed by atoms with Crippen molar-refractivity contribution in [2.24, 2.45) is 0 Å². The van der Waals surface area contributed by atoms with E-state index in [1.165, 1.54) is 6.07 Å². The number of benzene rings is 1. The van der Waals surface area contributed by atoms with Crippen molar-refractivity contribution in [2.75, 3.05) is 13.7 Å². The number of hydrogen-bond donors (Lipinski definition) is 0. The minimum Gasteiger partial charge on any atom is -0.381 e. The van der Waals surface area contributed by atoms with Crippen molar-refractivity contribution >= 4 is 5.78 Å². The first-order valence-corrected chi connectivity index (χ1v) is 7.08. The van der Waals surface area contributed by atoms with Gasteiger partial charge in [-0.2, -0.15) is 0 Å². The number of carbonyl (C=O) groups excluding carboxylic acids is 1. The number of ketones is 1. The Labute approximate surface area is 119 Å². The summed E-state index contributed by atoms with van der Waals surface area (Å²) in [5, 5.41) is 0. The molecule has 2 atom stereocenters. The molecule has 3 nitrogen and oxygen atoms in total. The molecule has 1 aromatic rings. The van der Waals surface area contributed by atoms with Crippen molar-refractivity contribution in [1.29, 1.82) is 0 Å². The van der Waals surface area contributed by atoms with E-state index in [0.717, 1.165) is 25.7 Å². The summed E-state index contributed by atoms with van der Waals surface area (Å²) in [4.78, 5) is 11.8. The Hall–Kier alpha value is -1.26. The lowest BCUT2D eigenvalue weighted by atomic mass is 9.95. The van der Waals surface area contributed by atoms with Gasteiger partial charge < -0.3 is 9.47 Å². The largest absolute Gasteiger partial charge is 0.381 e. The molecule has 4 heteroatoms. The molecule has 0 radical (unpaired) electrons. The lowest BCUT2D eigenvalue weighted by Gasteiger charge is -2.27. The highest BCUT2D eigenvalue weighted by atomic mass is 19.1. The summed E-state index contributed by atoms with van der Waals surface area (Å²) in [6.45, 7) is 0.0510. The van der Waals surface area contributed by atoms with Crippen LogP contribution in [0.15, 0.2) is 24.3 Å². The second kappa shape index (κ2) is 7.50. The smallest absolute Gasteiger partial charge is 0.162 e. The Balaban J connectivity index is 1.76. The molecule has 0 bridgehead atoms. The van der Waals surface area contributed by atoms with Crippen LogP contribution in [0.25, 0.3) is 0 Å². The zero-order valence-corrected chi connectivity index (χ0v) is 11.8. The van der Waals surface area contributed by atoms with Crippen LogP contribution in [0.4, 0.5) is 4.39 Å². The standard InChI is InChI=1S/C16H21FO3/c1-19-14-6-4-7-15(10-14)20-11-13(18)9-12-5-2-3-8-16(12)17/h2-3,5,8,14-15H,4,6-7,9-11H2,1H3. The topological polar surface area (TPSA) is 35.5 Å². The Morgan fingerprint density at radius 3 is 2.80 bits per heavy atom. The third-order valence-corrected chi connectivity index (χ3v) is 3.74. The number of ether oxygens (including phenoxy) is 2. The monoisotopic (exact) mass is 280 g/mol. The zero-order valence-electron chi connectivity index (χ0n) is 11.8. The molecule has 2 rings (SSSR count). The predicted octanol–water partition coefficient (Wildman–Crippen LogP) is 2.91. The quantitative estimate of drug-likeness (QED) is 0.803. The van der Waals surface area contributed by atoms with Crippen molar-refractivity contribution in [3.05, 3.63) is 35.6 Å². The van der Waals surface area contributed by atoms with Crippen LogP contribution in [-0.2, 0) is 20.7 Å². The van der Waals surface area contributed by atoms with E-state index in [-0.39, 0.29) is 36.8 Å². The number of rotatable bonds is 6. The van der Waals surface area contributed by atoms with Gasteiger partial charge in [-0.3, -0.25) is 4.79 Å². The van der Waals surface area contributed by atoms with Gasteiger partial charge >= 0.3 is 0 Å². The van der Waals surface area contributed by atoms with Crippen molar-refractivity contribution in [1.82, 2.24) is 0 Å². The van der Waals surface area contributed by atoms with Gasteiger partial charge in [-0.25, -0.2) is 4.39 Å². The molecule has 1 fully saturated rings. The fraction of sp³-hybridized carbons (Fsp3) is 0.562. The normalized spacial score (nSPS) is 22.7. The minimum absolute atomic E-state index is 0.0510. The fourth-order valence-corrected chi connectivity index (χ4v) is 2.58. The average molecular weight is 280 g/mol. The highest BCUT2D eigenvalue weighted by Gasteiger charge is 2.22. The fourth-order valence-electron chi connectivity index (χ4n) is 2.58. The zero-order chi connectivity index (χ0) is 14.4. The van der Waals surface area contributed by atoms with Crippen LogP contribution >= 0.6 is 0 Å². The summed E-state index contributed by atoms with van der Waals surface area (Å²) in [7, 11) is 1.70. The maximum atomic E-state index is 13.4. The first-order valence-electron chi connectivity index (χ1n) is 7.08. The number of hydrogen-bond acceptors (Lipinski definition) is 3. The van der Waals surface area contributed by atoms with E-state index in [1.54, 1.807) is 25.3 Å². The third-order valence-electron chi connectivity index (χ3n) is 3.74. The van der Waals surface area contributed by atoms with Gasteiger partial charge in [-0.05, 0) is 37.3 Å². The lowest BCUT2D eigenvalue weighted by Crippen LogP contribution is -2.29. The number of methoxy groups -OCH3 is 1. The summed E-state index contributed by atoms with van der Waals surface area (Å²) in [6.07, 6.45) is 4.32. The average Bonchev–Trinajstić information content (AvgIpc) is 2.48. The van der Waals surface area contributed by atoms with Crippen LogP contribution in [0, 0.1) is 5.82 Å². The number of halogens is 1. The maximum absolute atomic E-state index is 13.4. The second-order valence-electron chi connectivity index (χ2n) is 5.26. The van der Waals surface area contributed by atoms with E-state index in [9.17, 15) is 9.18 Å².